The highest BCUT2D eigenvalue weighted by molar-refractivity contribution is 7.18. The third kappa shape index (κ3) is 4.84. The van der Waals surface area contributed by atoms with Gasteiger partial charge in [0.25, 0.3) is 5.56 Å². The van der Waals surface area contributed by atoms with E-state index in [0.717, 1.165) is 35.0 Å². The molecule has 0 radical (unpaired) electrons. The highest BCUT2D eigenvalue weighted by atomic mass is 35.5. The van der Waals surface area contributed by atoms with Crippen LogP contribution in [0.3, 0.4) is 0 Å². The Kier molecular flexibility index (Phi) is 6.74. The number of benzene rings is 1. The number of carbonyl (C=O) groups is 1. The Morgan fingerprint density at radius 2 is 2.06 bits per heavy atom. The standard InChI is InChI=1S/C23H27ClN4O2S/c1-28(2)17(14-7-3-5-9-16(14)24)13-25-20(29)12-11-19-26-22(30)21-15-8-4-6-10-18(15)31-23(21)27-19/h3,5,7,9,17H,4,6,8,10-13H2,1-2H3,(H,25,29)(H,26,27,30). The Labute approximate surface area is 190 Å². The Morgan fingerprint density at radius 1 is 1.29 bits per heavy atom. The first-order chi connectivity index (χ1) is 14.9. The number of rotatable bonds is 7. The van der Waals surface area contributed by atoms with Crippen LogP contribution in [0.15, 0.2) is 29.1 Å². The molecule has 2 heterocycles. The van der Waals surface area contributed by atoms with E-state index in [1.807, 2.05) is 43.3 Å². The molecule has 3 aromatic rings. The summed E-state index contributed by atoms with van der Waals surface area (Å²) in [5.74, 6) is 0.494. The van der Waals surface area contributed by atoms with Gasteiger partial charge in [-0.2, -0.15) is 0 Å². The highest BCUT2D eigenvalue weighted by Gasteiger charge is 2.20. The van der Waals surface area contributed by atoms with Gasteiger partial charge in [0, 0.05) is 29.3 Å². The second-order valence-electron chi connectivity index (χ2n) is 8.21. The molecular weight excluding hydrogens is 432 g/mol. The zero-order chi connectivity index (χ0) is 22.0. The quantitative estimate of drug-likeness (QED) is 0.563. The van der Waals surface area contributed by atoms with E-state index in [-0.39, 0.29) is 23.9 Å². The topological polar surface area (TPSA) is 78.1 Å². The molecule has 164 valence electrons. The number of carbonyl (C=O) groups excluding carboxylic acids is 1. The van der Waals surface area contributed by atoms with Crippen molar-refractivity contribution in [2.45, 2.75) is 44.6 Å². The SMILES string of the molecule is CN(C)C(CNC(=O)CCc1nc2sc3c(c2c(=O)[nH]1)CCCC3)c1ccccc1Cl. The van der Waals surface area contributed by atoms with Crippen LogP contribution in [-0.4, -0.2) is 41.4 Å². The zero-order valence-electron chi connectivity index (χ0n) is 17.8. The maximum absolute atomic E-state index is 12.6. The Hall–Kier alpha value is -2.22. The Bertz CT molecular complexity index is 1150. The summed E-state index contributed by atoms with van der Waals surface area (Å²) in [5, 5.41) is 4.43. The summed E-state index contributed by atoms with van der Waals surface area (Å²) >= 11 is 7.97. The van der Waals surface area contributed by atoms with Gasteiger partial charge >= 0.3 is 0 Å². The molecule has 8 heteroatoms. The average molecular weight is 459 g/mol. The van der Waals surface area contributed by atoms with Gasteiger partial charge in [0.1, 0.15) is 10.7 Å². The minimum atomic E-state index is -0.0776. The molecule has 0 saturated carbocycles. The molecule has 1 aromatic carbocycles. The van der Waals surface area contributed by atoms with E-state index in [9.17, 15) is 9.59 Å². The largest absolute Gasteiger partial charge is 0.354 e. The molecule has 1 amide bonds. The first kappa shape index (κ1) is 22.0. The molecular formula is C23H27ClN4O2S. The molecule has 0 bridgehead atoms. The number of likely N-dealkylation sites (N-methyl/N-ethyl adjacent to an activating group) is 1. The third-order valence-electron chi connectivity index (χ3n) is 5.84. The lowest BCUT2D eigenvalue weighted by Gasteiger charge is -2.26. The van der Waals surface area contributed by atoms with Crippen LogP contribution in [0.5, 0.6) is 0 Å². The zero-order valence-corrected chi connectivity index (χ0v) is 19.4. The van der Waals surface area contributed by atoms with Gasteiger partial charge in [-0.3, -0.25) is 9.59 Å². The van der Waals surface area contributed by atoms with Gasteiger partial charge < -0.3 is 15.2 Å². The molecule has 1 unspecified atom stereocenters. The van der Waals surface area contributed by atoms with Crippen molar-refractivity contribution in [1.82, 2.24) is 20.2 Å². The summed E-state index contributed by atoms with van der Waals surface area (Å²) < 4.78 is 0. The van der Waals surface area contributed by atoms with Crippen LogP contribution >= 0.6 is 22.9 Å². The molecule has 2 aromatic heterocycles. The fourth-order valence-electron chi connectivity index (χ4n) is 4.17. The molecule has 1 aliphatic rings. The van der Waals surface area contributed by atoms with Gasteiger partial charge in [0.2, 0.25) is 5.91 Å². The van der Waals surface area contributed by atoms with Gasteiger partial charge in [0.15, 0.2) is 0 Å². The number of H-pyrrole nitrogens is 1. The summed E-state index contributed by atoms with van der Waals surface area (Å²) in [7, 11) is 3.93. The number of nitrogens with one attached hydrogen (secondary N) is 2. The molecule has 0 spiro atoms. The number of nitrogens with zero attached hydrogens (tertiary/aromatic N) is 2. The van der Waals surface area contributed by atoms with Crippen LogP contribution < -0.4 is 10.9 Å². The fraction of sp³-hybridized carbons (Fsp3) is 0.435. The van der Waals surface area contributed by atoms with Gasteiger partial charge in [-0.1, -0.05) is 29.8 Å². The van der Waals surface area contributed by atoms with Gasteiger partial charge in [-0.25, -0.2) is 4.98 Å². The molecule has 1 aliphatic carbocycles. The predicted octanol–water partition coefficient (Wildman–Crippen LogP) is 3.87. The smallest absolute Gasteiger partial charge is 0.259 e. The molecule has 31 heavy (non-hydrogen) atoms. The number of aromatic amines is 1. The van der Waals surface area contributed by atoms with Crippen LogP contribution in [0.25, 0.3) is 10.2 Å². The lowest BCUT2D eigenvalue weighted by atomic mass is 9.97. The van der Waals surface area contributed by atoms with E-state index >= 15 is 0 Å². The Morgan fingerprint density at radius 3 is 2.84 bits per heavy atom. The molecule has 2 N–H and O–H groups in total. The highest BCUT2D eigenvalue weighted by Crippen LogP contribution is 2.33. The number of aromatic nitrogens is 2. The van der Waals surface area contributed by atoms with E-state index in [2.05, 4.69) is 15.3 Å². The molecule has 0 fully saturated rings. The van der Waals surface area contributed by atoms with Crippen molar-refractivity contribution < 1.29 is 4.79 Å². The van der Waals surface area contributed by atoms with E-state index in [1.165, 1.54) is 16.9 Å². The van der Waals surface area contributed by atoms with Crippen molar-refractivity contribution in [3.63, 3.8) is 0 Å². The molecule has 0 saturated heterocycles. The lowest BCUT2D eigenvalue weighted by molar-refractivity contribution is -0.121. The van der Waals surface area contributed by atoms with Crippen molar-refractivity contribution in [3.8, 4) is 0 Å². The van der Waals surface area contributed by atoms with Crippen LogP contribution in [-0.2, 0) is 24.1 Å². The second-order valence-corrected chi connectivity index (χ2v) is 9.70. The number of amides is 1. The van der Waals surface area contributed by atoms with Crippen molar-refractivity contribution in [3.05, 3.63) is 61.5 Å². The molecule has 1 atom stereocenters. The minimum Gasteiger partial charge on any atom is -0.354 e. The van der Waals surface area contributed by atoms with Gasteiger partial charge in [-0.05, 0) is 57.0 Å². The van der Waals surface area contributed by atoms with E-state index in [4.69, 9.17) is 11.6 Å². The fourth-order valence-corrected chi connectivity index (χ4v) is 5.72. The van der Waals surface area contributed by atoms with Crippen LogP contribution in [0.2, 0.25) is 5.02 Å². The number of hydrogen-bond donors (Lipinski definition) is 2. The second kappa shape index (κ2) is 9.51. The average Bonchev–Trinajstić information content (AvgIpc) is 3.12. The van der Waals surface area contributed by atoms with Crippen LogP contribution in [0.1, 0.15) is 47.1 Å². The van der Waals surface area contributed by atoms with Gasteiger partial charge in [-0.15, -0.1) is 11.3 Å². The maximum atomic E-state index is 12.6. The molecule has 4 rings (SSSR count). The monoisotopic (exact) mass is 458 g/mol. The van der Waals surface area contributed by atoms with E-state index in [0.29, 0.717) is 23.8 Å². The first-order valence-electron chi connectivity index (χ1n) is 10.6. The number of aryl methyl sites for hydroxylation is 3. The number of fused-ring (bicyclic) bond motifs is 3. The normalized spacial score (nSPS) is 14.6. The van der Waals surface area contributed by atoms with Crippen LogP contribution in [0.4, 0.5) is 0 Å². The summed E-state index contributed by atoms with van der Waals surface area (Å²) in [5.41, 5.74) is 2.08. The summed E-state index contributed by atoms with van der Waals surface area (Å²) in [6.07, 6.45) is 4.96. The number of hydrogen-bond acceptors (Lipinski definition) is 5. The molecule has 6 nitrogen and oxygen atoms in total. The maximum Gasteiger partial charge on any atom is 0.259 e. The van der Waals surface area contributed by atoms with E-state index in [1.54, 1.807) is 11.3 Å². The summed E-state index contributed by atoms with van der Waals surface area (Å²) in [4.78, 5) is 36.8. The van der Waals surface area contributed by atoms with E-state index < -0.39 is 0 Å². The summed E-state index contributed by atoms with van der Waals surface area (Å²) in [6.45, 7) is 0.455. The predicted molar refractivity (Wildman–Crippen MR) is 126 cm³/mol. The lowest BCUT2D eigenvalue weighted by Crippen LogP contribution is -2.34. The van der Waals surface area contributed by atoms with Crippen LogP contribution in [0, 0.1) is 0 Å². The minimum absolute atomic E-state index is 0.0237. The third-order valence-corrected chi connectivity index (χ3v) is 7.37. The van der Waals surface area contributed by atoms with Crippen molar-refractivity contribution in [1.29, 1.82) is 0 Å². The van der Waals surface area contributed by atoms with Crippen molar-refractivity contribution >= 4 is 39.1 Å². The molecule has 0 aliphatic heterocycles. The Balaban J connectivity index is 1.40. The van der Waals surface area contributed by atoms with Crippen molar-refractivity contribution in [2.75, 3.05) is 20.6 Å². The number of thiophene rings is 1. The van der Waals surface area contributed by atoms with Crippen molar-refractivity contribution in [2.24, 2.45) is 0 Å². The first-order valence-corrected chi connectivity index (χ1v) is 11.8. The summed E-state index contributed by atoms with van der Waals surface area (Å²) in [6, 6.07) is 7.65. The number of halogens is 1. The van der Waals surface area contributed by atoms with Gasteiger partial charge in [0.05, 0.1) is 11.4 Å².